The fourth-order valence-electron chi connectivity index (χ4n) is 6.00. The first-order valence-electron chi connectivity index (χ1n) is 18.0. The normalized spacial score (nSPS) is 15.1. The van der Waals surface area contributed by atoms with E-state index in [1.165, 1.54) is 18.3 Å². The first-order chi connectivity index (χ1) is 23.9. The summed E-state index contributed by atoms with van der Waals surface area (Å²) in [5, 5.41) is 5.10. The number of rotatable bonds is 19. The van der Waals surface area contributed by atoms with Crippen molar-refractivity contribution in [1.29, 1.82) is 0 Å². The van der Waals surface area contributed by atoms with Crippen LogP contribution in [0.15, 0.2) is 35.7 Å². The summed E-state index contributed by atoms with van der Waals surface area (Å²) in [5.41, 5.74) is 0.499. The van der Waals surface area contributed by atoms with Crippen LogP contribution in [0.3, 0.4) is 0 Å². The van der Waals surface area contributed by atoms with Gasteiger partial charge in [0.15, 0.2) is 6.10 Å². The van der Waals surface area contributed by atoms with Crippen molar-refractivity contribution < 1.29 is 38.2 Å². The van der Waals surface area contributed by atoms with Gasteiger partial charge < -0.3 is 24.4 Å². The fourth-order valence-corrected chi connectivity index (χ4v) is 6.84. The van der Waals surface area contributed by atoms with Crippen LogP contribution in [-0.2, 0) is 39.8 Å². The molecule has 2 aromatic rings. The van der Waals surface area contributed by atoms with Crippen molar-refractivity contribution in [2.75, 3.05) is 13.7 Å². The summed E-state index contributed by atoms with van der Waals surface area (Å²) in [7, 11) is 1.72. The van der Waals surface area contributed by atoms with Gasteiger partial charge in [-0.2, -0.15) is 0 Å². The summed E-state index contributed by atoms with van der Waals surface area (Å²) >= 11 is 1.20. The SMILES string of the molecule is CCOC(=O)[C@@H](C)C[C@H](Cc1ccccc1)NC(=O)c1csc([C@@H](C[C@H](C(C)C)N(C)C(=O)[C@@H](CC(=O)OC(C)(C)C)[C@@H](C)CC)OC(C)=O)n1. The Kier molecular flexibility index (Phi) is 17.3. The Balaban J connectivity index is 2.32. The first kappa shape index (κ1) is 43.4. The van der Waals surface area contributed by atoms with Crippen LogP contribution in [0.2, 0.25) is 0 Å². The maximum atomic E-state index is 14.0. The van der Waals surface area contributed by atoms with Crippen molar-refractivity contribution in [3.05, 3.63) is 52.0 Å². The van der Waals surface area contributed by atoms with Crippen LogP contribution in [0.25, 0.3) is 0 Å². The van der Waals surface area contributed by atoms with Gasteiger partial charge in [-0.1, -0.05) is 71.4 Å². The highest BCUT2D eigenvalue weighted by Gasteiger charge is 2.36. The highest BCUT2D eigenvalue weighted by Crippen LogP contribution is 2.32. The smallest absolute Gasteiger partial charge is 0.308 e. The van der Waals surface area contributed by atoms with Gasteiger partial charge in [-0.25, -0.2) is 4.98 Å². The van der Waals surface area contributed by atoms with Gasteiger partial charge in [0.2, 0.25) is 5.91 Å². The number of nitrogens with zero attached hydrogens (tertiary/aromatic N) is 2. The van der Waals surface area contributed by atoms with E-state index in [1.54, 1.807) is 51.9 Å². The number of carbonyl (C=O) groups is 5. The van der Waals surface area contributed by atoms with Crippen molar-refractivity contribution in [2.45, 2.75) is 125 Å². The Labute approximate surface area is 308 Å². The second-order valence-electron chi connectivity index (χ2n) is 14.7. The lowest BCUT2D eigenvalue weighted by Crippen LogP contribution is -2.46. The molecule has 1 aromatic carbocycles. The molecular formula is C39H59N3O8S. The Hall–Kier alpha value is -3.80. The molecule has 2 rings (SSSR count). The number of ether oxygens (including phenoxy) is 3. The summed E-state index contributed by atoms with van der Waals surface area (Å²) in [6.07, 6.45) is 0.950. The molecule has 0 spiro atoms. The predicted molar refractivity (Wildman–Crippen MR) is 198 cm³/mol. The lowest BCUT2D eigenvalue weighted by Gasteiger charge is -2.36. The molecule has 0 fully saturated rings. The van der Waals surface area contributed by atoms with Crippen LogP contribution < -0.4 is 5.32 Å². The molecule has 0 bridgehead atoms. The predicted octanol–water partition coefficient (Wildman–Crippen LogP) is 6.94. The minimum Gasteiger partial charge on any atom is -0.466 e. The number of thiazole rings is 1. The van der Waals surface area contributed by atoms with E-state index < -0.39 is 41.4 Å². The van der Waals surface area contributed by atoms with E-state index in [4.69, 9.17) is 14.2 Å². The number of hydrogen-bond donors (Lipinski definition) is 1. The highest BCUT2D eigenvalue weighted by molar-refractivity contribution is 7.09. The maximum Gasteiger partial charge on any atom is 0.308 e. The monoisotopic (exact) mass is 729 g/mol. The molecule has 0 aliphatic carbocycles. The number of nitrogens with one attached hydrogen (secondary N) is 1. The average Bonchev–Trinajstić information content (AvgIpc) is 3.54. The summed E-state index contributed by atoms with van der Waals surface area (Å²) in [6.45, 7) is 18.4. The van der Waals surface area contributed by atoms with E-state index in [2.05, 4.69) is 10.3 Å². The van der Waals surface area contributed by atoms with Crippen molar-refractivity contribution in [2.24, 2.45) is 23.7 Å². The molecule has 0 saturated carbocycles. The number of esters is 3. The zero-order valence-electron chi connectivity index (χ0n) is 32.3. The quantitative estimate of drug-likeness (QED) is 0.120. The average molecular weight is 730 g/mol. The van der Waals surface area contributed by atoms with Crippen LogP contribution >= 0.6 is 11.3 Å². The Bertz CT molecular complexity index is 1440. The zero-order valence-corrected chi connectivity index (χ0v) is 33.1. The van der Waals surface area contributed by atoms with E-state index in [-0.39, 0.29) is 60.9 Å². The zero-order chi connectivity index (χ0) is 38.5. The largest absolute Gasteiger partial charge is 0.466 e. The topological polar surface area (TPSA) is 141 Å². The van der Waals surface area contributed by atoms with E-state index in [0.717, 1.165) is 5.56 Å². The molecule has 12 heteroatoms. The van der Waals surface area contributed by atoms with Gasteiger partial charge >= 0.3 is 17.9 Å². The van der Waals surface area contributed by atoms with E-state index >= 15 is 0 Å². The lowest BCUT2D eigenvalue weighted by molar-refractivity contribution is -0.160. The summed E-state index contributed by atoms with van der Waals surface area (Å²) < 4.78 is 16.5. The second kappa shape index (κ2) is 20.3. The van der Waals surface area contributed by atoms with Crippen molar-refractivity contribution in [1.82, 2.24) is 15.2 Å². The molecule has 0 radical (unpaired) electrons. The minimum absolute atomic E-state index is 0.0393. The fraction of sp³-hybridized carbons (Fsp3) is 0.641. The molecule has 51 heavy (non-hydrogen) atoms. The molecule has 6 atom stereocenters. The molecule has 11 nitrogen and oxygen atoms in total. The standard InChI is InChI=1S/C39H59N3O8S/c1-12-25(5)30(21-34(44)50-39(8,9)10)37(46)42(11)32(24(3)4)22-33(49-27(7)43)36-41-31(23-51-36)35(45)40-29(19-26(6)38(47)48-13-2)20-28-17-15-14-16-18-28/h14-18,23-26,29-30,32-33H,12-13,19-22H2,1-11H3,(H,40,45)/t25-,26-,29+,30-,32+,33+/m0/s1. The van der Waals surface area contributed by atoms with Crippen LogP contribution in [-0.4, -0.2) is 70.9 Å². The van der Waals surface area contributed by atoms with Crippen LogP contribution in [0.4, 0.5) is 0 Å². The van der Waals surface area contributed by atoms with Gasteiger partial charge in [-0.3, -0.25) is 24.0 Å². The Morgan fingerprint density at radius 3 is 2.18 bits per heavy atom. The number of aromatic nitrogens is 1. The third kappa shape index (κ3) is 14.4. The molecule has 2 amide bonds. The van der Waals surface area contributed by atoms with E-state index in [1.807, 2.05) is 58.0 Å². The number of carbonyl (C=O) groups excluding carboxylic acids is 5. The van der Waals surface area contributed by atoms with Gasteiger partial charge in [0.05, 0.1) is 24.9 Å². The van der Waals surface area contributed by atoms with E-state index in [9.17, 15) is 24.0 Å². The molecule has 1 heterocycles. The van der Waals surface area contributed by atoms with E-state index in [0.29, 0.717) is 24.3 Å². The van der Waals surface area contributed by atoms with Crippen LogP contribution in [0.5, 0.6) is 0 Å². The molecule has 1 N–H and O–H groups in total. The molecule has 1 aromatic heterocycles. The molecule has 0 aliphatic rings. The van der Waals surface area contributed by atoms with Gasteiger partial charge in [-0.15, -0.1) is 11.3 Å². The van der Waals surface area contributed by atoms with Crippen LogP contribution in [0, 0.1) is 23.7 Å². The minimum atomic E-state index is -0.825. The Morgan fingerprint density at radius 1 is 0.980 bits per heavy atom. The summed E-state index contributed by atoms with van der Waals surface area (Å²) in [6, 6.07) is 8.94. The second-order valence-corrected chi connectivity index (χ2v) is 15.6. The summed E-state index contributed by atoms with van der Waals surface area (Å²) in [5.74, 6) is -3.01. The third-order valence-electron chi connectivity index (χ3n) is 8.85. The molecule has 0 unspecified atom stereocenters. The van der Waals surface area contributed by atoms with Crippen molar-refractivity contribution in [3.8, 4) is 0 Å². The van der Waals surface area contributed by atoms with Gasteiger partial charge in [0.25, 0.3) is 5.91 Å². The van der Waals surface area contributed by atoms with Crippen LogP contribution in [0.1, 0.15) is 122 Å². The van der Waals surface area contributed by atoms with Crippen molar-refractivity contribution >= 4 is 41.1 Å². The summed E-state index contributed by atoms with van der Waals surface area (Å²) in [4.78, 5) is 71.4. The van der Waals surface area contributed by atoms with Gasteiger partial charge in [0, 0.05) is 37.9 Å². The molecule has 284 valence electrons. The molecule has 0 aliphatic heterocycles. The number of hydrogen-bond acceptors (Lipinski definition) is 10. The Morgan fingerprint density at radius 2 is 1.63 bits per heavy atom. The third-order valence-corrected chi connectivity index (χ3v) is 9.79. The molecule has 0 saturated heterocycles. The van der Waals surface area contributed by atoms with Crippen molar-refractivity contribution in [3.63, 3.8) is 0 Å². The number of amides is 2. The maximum absolute atomic E-state index is 14.0. The highest BCUT2D eigenvalue weighted by atomic mass is 32.1. The molecular weight excluding hydrogens is 671 g/mol. The first-order valence-corrected chi connectivity index (χ1v) is 18.9. The lowest BCUT2D eigenvalue weighted by atomic mass is 9.86. The van der Waals surface area contributed by atoms with Gasteiger partial charge in [-0.05, 0) is 57.9 Å². The van der Waals surface area contributed by atoms with Gasteiger partial charge in [0.1, 0.15) is 16.3 Å². The number of benzene rings is 1.